The number of carbonyl (C=O) groups excluding carboxylic acids is 2. The first-order valence-electron chi connectivity index (χ1n) is 6.59. The van der Waals surface area contributed by atoms with E-state index in [1.54, 1.807) is 18.5 Å². The van der Waals surface area contributed by atoms with Gasteiger partial charge in [-0.15, -0.1) is 0 Å². The zero-order valence-electron chi connectivity index (χ0n) is 11.3. The molecule has 0 unspecified atom stereocenters. The molecule has 1 aromatic rings. The fourth-order valence-corrected chi connectivity index (χ4v) is 2.81. The molecule has 20 heavy (non-hydrogen) atoms. The number of hydrogen-bond donors (Lipinski definition) is 1. The van der Waals surface area contributed by atoms with Gasteiger partial charge in [-0.25, -0.2) is 0 Å². The van der Waals surface area contributed by atoms with Gasteiger partial charge in [-0.3, -0.25) is 14.6 Å². The number of esters is 1. The highest BCUT2D eigenvalue weighted by molar-refractivity contribution is 9.10. The van der Waals surface area contributed by atoms with Gasteiger partial charge in [0.25, 0.3) is 5.91 Å². The number of pyridine rings is 1. The third-order valence-corrected chi connectivity index (χ3v) is 4.00. The van der Waals surface area contributed by atoms with Crippen molar-refractivity contribution in [3.63, 3.8) is 0 Å². The van der Waals surface area contributed by atoms with Crippen LogP contribution in [0.3, 0.4) is 0 Å². The van der Waals surface area contributed by atoms with Crippen LogP contribution in [0, 0.1) is 5.92 Å². The highest BCUT2D eigenvalue weighted by Gasteiger charge is 2.27. The second-order valence-corrected chi connectivity index (χ2v) is 5.85. The molecule has 0 aromatic carbocycles. The maximum absolute atomic E-state index is 12.1. The molecule has 5 nitrogen and oxygen atoms in total. The van der Waals surface area contributed by atoms with E-state index in [1.807, 2.05) is 0 Å². The van der Waals surface area contributed by atoms with Gasteiger partial charge in [-0.1, -0.05) is 0 Å². The number of nitrogens with one attached hydrogen (secondary N) is 1. The molecule has 1 aliphatic carbocycles. The summed E-state index contributed by atoms with van der Waals surface area (Å²) in [6, 6.07) is 1.85. The van der Waals surface area contributed by atoms with E-state index >= 15 is 0 Å². The lowest BCUT2D eigenvalue weighted by atomic mass is 9.86. The Bertz CT molecular complexity index is 499. The zero-order chi connectivity index (χ0) is 14.5. The van der Waals surface area contributed by atoms with Crippen LogP contribution in [0.15, 0.2) is 22.9 Å². The lowest BCUT2D eigenvalue weighted by molar-refractivity contribution is -0.146. The smallest absolute Gasteiger partial charge is 0.308 e. The SMILES string of the molecule is COC(=O)C1CCC(NC(=O)c2cncc(Br)c2)CC1. The average molecular weight is 341 g/mol. The Morgan fingerprint density at radius 3 is 2.60 bits per heavy atom. The van der Waals surface area contributed by atoms with Crippen LogP contribution in [0.4, 0.5) is 0 Å². The third-order valence-electron chi connectivity index (χ3n) is 3.56. The van der Waals surface area contributed by atoms with Crippen LogP contribution in [0.2, 0.25) is 0 Å². The van der Waals surface area contributed by atoms with Crippen LogP contribution < -0.4 is 5.32 Å². The number of carbonyl (C=O) groups is 2. The van der Waals surface area contributed by atoms with Gasteiger partial charge in [0.05, 0.1) is 18.6 Å². The number of methoxy groups -OCH3 is 1. The normalized spacial score (nSPS) is 22.1. The van der Waals surface area contributed by atoms with Gasteiger partial charge in [0.15, 0.2) is 0 Å². The fourth-order valence-electron chi connectivity index (χ4n) is 2.44. The number of amides is 1. The summed E-state index contributed by atoms with van der Waals surface area (Å²) in [5.41, 5.74) is 0.537. The van der Waals surface area contributed by atoms with Gasteiger partial charge in [0, 0.05) is 22.9 Å². The largest absolute Gasteiger partial charge is 0.469 e. The fraction of sp³-hybridized carbons (Fsp3) is 0.500. The van der Waals surface area contributed by atoms with E-state index in [0.717, 1.165) is 30.2 Å². The van der Waals surface area contributed by atoms with Gasteiger partial charge in [-0.2, -0.15) is 0 Å². The molecule has 1 saturated carbocycles. The molecule has 2 rings (SSSR count). The van der Waals surface area contributed by atoms with Gasteiger partial charge in [0.2, 0.25) is 0 Å². The maximum Gasteiger partial charge on any atom is 0.308 e. The number of hydrogen-bond acceptors (Lipinski definition) is 4. The summed E-state index contributed by atoms with van der Waals surface area (Å²) in [5.74, 6) is -0.299. The van der Waals surface area contributed by atoms with E-state index in [2.05, 4.69) is 26.2 Å². The van der Waals surface area contributed by atoms with Crippen molar-refractivity contribution in [1.29, 1.82) is 0 Å². The summed E-state index contributed by atoms with van der Waals surface area (Å²) in [6.07, 6.45) is 6.29. The molecule has 1 aromatic heterocycles. The second-order valence-electron chi connectivity index (χ2n) is 4.94. The van der Waals surface area contributed by atoms with Crippen molar-refractivity contribution in [2.75, 3.05) is 7.11 Å². The summed E-state index contributed by atoms with van der Waals surface area (Å²) in [7, 11) is 1.41. The van der Waals surface area contributed by atoms with Crippen LogP contribution in [-0.2, 0) is 9.53 Å². The highest BCUT2D eigenvalue weighted by atomic mass is 79.9. The van der Waals surface area contributed by atoms with Crippen molar-refractivity contribution in [2.45, 2.75) is 31.7 Å². The Kier molecular flexibility index (Phi) is 5.11. The van der Waals surface area contributed by atoms with Crippen LogP contribution in [0.25, 0.3) is 0 Å². The Labute approximate surface area is 126 Å². The van der Waals surface area contributed by atoms with Crippen LogP contribution in [0.1, 0.15) is 36.0 Å². The first kappa shape index (κ1) is 15.0. The molecule has 0 aliphatic heterocycles. The van der Waals surface area contributed by atoms with E-state index in [0.29, 0.717) is 5.56 Å². The number of nitrogens with zero attached hydrogens (tertiary/aromatic N) is 1. The Morgan fingerprint density at radius 2 is 2.00 bits per heavy atom. The average Bonchev–Trinajstić information content (AvgIpc) is 2.47. The molecule has 1 fully saturated rings. The van der Waals surface area contributed by atoms with Crippen molar-refractivity contribution in [3.05, 3.63) is 28.5 Å². The quantitative estimate of drug-likeness (QED) is 0.857. The number of aromatic nitrogens is 1. The standard InChI is InChI=1S/C14H17BrN2O3/c1-20-14(19)9-2-4-12(5-3-9)17-13(18)10-6-11(15)8-16-7-10/h6-9,12H,2-5H2,1H3,(H,17,18). The summed E-state index contributed by atoms with van der Waals surface area (Å²) >= 11 is 3.29. The van der Waals surface area contributed by atoms with Crippen LogP contribution in [-0.4, -0.2) is 30.0 Å². The topological polar surface area (TPSA) is 68.3 Å². The van der Waals surface area contributed by atoms with E-state index < -0.39 is 0 Å². The number of ether oxygens (including phenoxy) is 1. The van der Waals surface area contributed by atoms with Crippen LogP contribution >= 0.6 is 15.9 Å². The molecular weight excluding hydrogens is 324 g/mol. The second kappa shape index (κ2) is 6.83. The molecule has 0 spiro atoms. The molecule has 0 atom stereocenters. The minimum absolute atomic E-state index is 0.0271. The maximum atomic E-state index is 12.1. The van der Waals surface area contributed by atoms with E-state index in [9.17, 15) is 9.59 Å². The minimum Gasteiger partial charge on any atom is -0.469 e. The zero-order valence-corrected chi connectivity index (χ0v) is 12.9. The lowest BCUT2D eigenvalue weighted by Crippen LogP contribution is -2.38. The first-order valence-corrected chi connectivity index (χ1v) is 7.38. The van der Waals surface area contributed by atoms with Crippen molar-refractivity contribution in [1.82, 2.24) is 10.3 Å². The van der Waals surface area contributed by atoms with Crippen molar-refractivity contribution in [2.24, 2.45) is 5.92 Å². The number of rotatable bonds is 3. The molecule has 1 aliphatic rings. The predicted molar refractivity (Wildman–Crippen MR) is 77.2 cm³/mol. The molecule has 6 heteroatoms. The van der Waals surface area contributed by atoms with Gasteiger partial charge >= 0.3 is 5.97 Å². The monoisotopic (exact) mass is 340 g/mol. The van der Waals surface area contributed by atoms with E-state index in [1.165, 1.54) is 7.11 Å². The third kappa shape index (κ3) is 3.79. The Hall–Kier alpha value is -1.43. The van der Waals surface area contributed by atoms with Crippen LogP contribution in [0.5, 0.6) is 0 Å². The molecule has 0 saturated heterocycles. The lowest BCUT2D eigenvalue weighted by Gasteiger charge is -2.27. The molecular formula is C14H17BrN2O3. The molecule has 1 amide bonds. The summed E-state index contributed by atoms with van der Waals surface area (Å²) in [6.45, 7) is 0. The molecule has 0 radical (unpaired) electrons. The molecule has 0 bridgehead atoms. The summed E-state index contributed by atoms with van der Waals surface area (Å²) < 4.78 is 5.53. The van der Waals surface area contributed by atoms with Crippen molar-refractivity contribution in [3.8, 4) is 0 Å². The Morgan fingerprint density at radius 1 is 1.30 bits per heavy atom. The first-order chi connectivity index (χ1) is 9.60. The van der Waals surface area contributed by atoms with E-state index in [-0.39, 0.29) is 23.8 Å². The number of halogens is 1. The molecule has 108 valence electrons. The van der Waals surface area contributed by atoms with Gasteiger partial charge < -0.3 is 10.1 Å². The van der Waals surface area contributed by atoms with Gasteiger partial charge in [0.1, 0.15) is 0 Å². The summed E-state index contributed by atoms with van der Waals surface area (Å²) in [4.78, 5) is 27.5. The van der Waals surface area contributed by atoms with Gasteiger partial charge in [-0.05, 0) is 47.7 Å². The Balaban J connectivity index is 1.86. The minimum atomic E-state index is -0.147. The highest BCUT2D eigenvalue weighted by Crippen LogP contribution is 2.25. The molecule has 1 heterocycles. The molecule has 1 N–H and O–H groups in total. The predicted octanol–water partition coefficient (Wildman–Crippen LogP) is 2.31. The summed E-state index contributed by atoms with van der Waals surface area (Å²) in [5, 5.41) is 2.99. The van der Waals surface area contributed by atoms with E-state index in [4.69, 9.17) is 4.74 Å². The van der Waals surface area contributed by atoms with Crippen molar-refractivity contribution < 1.29 is 14.3 Å². The van der Waals surface area contributed by atoms with Crippen molar-refractivity contribution >= 4 is 27.8 Å².